The van der Waals surface area contributed by atoms with E-state index in [9.17, 15) is 9.59 Å². The number of para-hydroxylation sites is 2. The number of esters is 1. The maximum absolute atomic E-state index is 13.1. The normalized spacial score (nSPS) is 16.5. The Morgan fingerprint density at radius 1 is 1.11 bits per heavy atom. The molecule has 0 saturated carbocycles. The molecule has 0 spiro atoms. The average molecular weight is 515 g/mol. The van der Waals surface area contributed by atoms with E-state index in [4.69, 9.17) is 14.2 Å². The number of hydrogen-bond acceptors (Lipinski definition) is 7. The lowest BCUT2D eigenvalue weighted by Crippen LogP contribution is -2.40. The van der Waals surface area contributed by atoms with Gasteiger partial charge in [0, 0.05) is 24.5 Å². The van der Waals surface area contributed by atoms with Crippen molar-refractivity contribution in [2.45, 2.75) is 32.5 Å². The van der Waals surface area contributed by atoms with E-state index < -0.39 is 12.1 Å². The van der Waals surface area contributed by atoms with Crippen LogP contribution >= 0.6 is 23.7 Å². The van der Waals surface area contributed by atoms with Crippen LogP contribution < -0.4 is 14.8 Å². The van der Waals surface area contributed by atoms with Crippen molar-refractivity contribution in [3.8, 4) is 11.5 Å². The molecule has 1 aromatic heterocycles. The number of benzene rings is 2. The second kappa shape index (κ2) is 11.1. The molecule has 1 unspecified atom stereocenters. The van der Waals surface area contributed by atoms with Crippen LogP contribution in [0.2, 0.25) is 0 Å². The van der Waals surface area contributed by atoms with Crippen LogP contribution in [0.15, 0.2) is 54.6 Å². The molecule has 2 aromatic carbocycles. The van der Waals surface area contributed by atoms with Crippen molar-refractivity contribution in [2.75, 3.05) is 25.1 Å². The molecular weight excluding hydrogens is 488 g/mol. The third kappa shape index (κ3) is 5.45. The number of thiophene rings is 1. The quantitative estimate of drug-likeness (QED) is 0.481. The first-order valence-electron chi connectivity index (χ1n) is 11.4. The zero-order valence-electron chi connectivity index (χ0n) is 19.3. The van der Waals surface area contributed by atoms with Crippen LogP contribution in [0.5, 0.6) is 11.5 Å². The number of carbonyl (C=O) groups excluding carboxylic acids is 2. The smallest absolute Gasteiger partial charge is 0.341 e. The molecule has 2 aliphatic heterocycles. The van der Waals surface area contributed by atoms with Gasteiger partial charge >= 0.3 is 5.97 Å². The first-order chi connectivity index (χ1) is 16.6. The van der Waals surface area contributed by atoms with Crippen LogP contribution in [0, 0.1) is 0 Å². The molecule has 0 aliphatic carbocycles. The first kappa shape index (κ1) is 25.0. The first-order valence-corrected chi connectivity index (χ1v) is 12.2. The Labute approximate surface area is 214 Å². The number of carbonyl (C=O) groups is 2. The number of amides is 1. The monoisotopic (exact) mass is 514 g/mol. The highest BCUT2D eigenvalue weighted by Gasteiger charge is 2.32. The van der Waals surface area contributed by atoms with Crippen molar-refractivity contribution in [1.82, 2.24) is 4.90 Å². The Balaban J connectivity index is 0.00000289. The average Bonchev–Trinajstić information content (AvgIpc) is 3.21. The van der Waals surface area contributed by atoms with Crippen LogP contribution in [-0.2, 0) is 29.0 Å². The summed E-state index contributed by atoms with van der Waals surface area (Å²) in [5, 5.41) is 3.44. The lowest BCUT2D eigenvalue weighted by Gasteiger charge is -2.27. The predicted octanol–water partition coefficient (Wildman–Crippen LogP) is 4.68. The van der Waals surface area contributed by atoms with Crippen molar-refractivity contribution in [1.29, 1.82) is 0 Å². The number of nitrogens with one attached hydrogen (secondary N) is 1. The van der Waals surface area contributed by atoms with E-state index in [0.717, 1.165) is 30.0 Å². The highest BCUT2D eigenvalue weighted by Crippen LogP contribution is 2.38. The summed E-state index contributed by atoms with van der Waals surface area (Å²) in [6, 6.07) is 17.6. The second-order valence-electron chi connectivity index (χ2n) is 8.23. The minimum Gasteiger partial charge on any atom is -0.485 e. The third-order valence-electron chi connectivity index (χ3n) is 5.90. The molecule has 184 valence electrons. The highest BCUT2D eigenvalue weighted by molar-refractivity contribution is 7.17. The van der Waals surface area contributed by atoms with Gasteiger partial charge in [0.1, 0.15) is 11.6 Å². The molecule has 2 aliphatic rings. The van der Waals surface area contributed by atoms with E-state index in [1.807, 2.05) is 30.3 Å². The Hall–Kier alpha value is -3.07. The summed E-state index contributed by atoms with van der Waals surface area (Å²) in [5.41, 5.74) is 2.68. The zero-order valence-corrected chi connectivity index (χ0v) is 21.0. The third-order valence-corrected chi connectivity index (χ3v) is 7.03. The maximum Gasteiger partial charge on any atom is 0.341 e. The number of rotatable bonds is 6. The molecule has 1 amide bonds. The van der Waals surface area contributed by atoms with Crippen molar-refractivity contribution in [2.24, 2.45) is 0 Å². The lowest BCUT2D eigenvalue weighted by molar-refractivity contribution is -0.125. The van der Waals surface area contributed by atoms with Gasteiger partial charge in [-0.15, -0.1) is 23.7 Å². The van der Waals surface area contributed by atoms with Gasteiger partial charge in [0.25, 0.3) is 5.91 Å². The van der Waals surface area contributed by atoms with Crippen molar-refractivity contribution in [3.63, 3.8) is 0 Å². The van der Waals surface area contributed by atoms with Crippen LogP contribution in [0.25, 0.3) is 0 Å². The summed E-state index contributed by atoms with van der Waals surface area (Å²) in [5.74, 6) is 0.392. The summed E-state index contributed by atoms with van der Waals surface area (Å²) >= 11 is 1.44. The van der Waals surface area contributed by atoms with Gasteiger partial charge in [0.15, 0.2) is 11.5 Å². The van der Waals surface area contributed by atoms with Gasteiger partial charge in [-0.2, -0.15) is 0 Å². The van der Waals surface area contributed by atoms with Gasteiger partial charge in [-0.3, -0.25) is 9.69 Å². The lowest BCUT2D eigenvalue weighted by atomic mass is 10.0. The van der Waals surface area contributed by atoms with E-state index >= 15 is 0 Å². The van der Waals surface area contributed by atoms with Crippen LogP contribution in [0.1, 0.15) is 33.3 Å². The minimum absolute atomic E-state index is 0. The second-order valence-corrected chi connectivity index (χ2v) is 9.33. The Morgan fingerprint density at radius 2 is 1.86 bits per heavy atom. The standard InChI is InChI=1S/C26H26N2O5S.ClH/c1-2-31-26(30)23-18-12-13-28(14-17-8-4-3-5-9-17)15-22(18)34-25(23)27-24(29)21-16-32-19-10-6-7-11-20(19)33-21;/h3-11,21H,2,12-16H2,1H3,(H,27,29);1H. The molecule has 1 atom stereocenters. The van der Waals surface area contributed by atoms with E-state index in [1.165, 1.54) is 16.9 Å². The molecule has 1 N–H and O–H groups in total. The van der Waals surface area contributed by atoms with Crippen LogP contribution in [0.4, 0.5) is 5.00 Å². The number of nitrogens with zero attached hydrogens (tertiary/aromatic N) is 1. The predicted molar refractivity (Wildman–Crippen MR) is 137 cm³/mol. The van der Waals surface area contributed by atoms with E-state index in [2.05, 4.69) is 22.3 Å². The Bertz CT molecular complexity index is 1200. The molecule has 3 aromatic rings. The molecule has 0 fully saturated rings. The molecule has 35 heavy (non-hydrogen) atoms. The number of fused-ring (bicyclic) bond motifs is 2. The molecule has 0 radical (unpaired) electrons. The number of ether oxygens (including phenoxy) is 3. The van der Waals surface area contributed by atoms with Crippen molar-refractivity contribution < 1.29 is 23.8 Å². The Morgan fingerprint density at radius 3 is 2.63 bits per heavy atom. The number of halogens is 1. The van der Waals surface area contributed by atoms with Gasteiger partial charge in [-0.25, -0.2) is 4.79 Å². The SMILES string of the molecule is CCOC(=O)c1c(NC(=O)C2COc3ccccc3O2)sc2c1CCN(Cc1ccccc1)C2.Cl. The molecule has 0 bridgehead atoms. The van der Waals surface area contributed by atoms with E-state index in [1.54, 1.807) is 19.1 Å². The molecule has 0 saturated heterocycles. The summed E-state index contributed by atoms with van der Waals surface area (Å²) < 4.78 is 16.9. The topological polar surface area (TPSA) is 77.1 Å². The molecular formula is C26H27ClN2O5S. The van der Waals surface area contributed by atoms with Gasteiger partial charge in [0.05, 0.1) is 12.2 Å². The minimum atomic E-state index is -0.807. The summed E-state index contributed by atoms with van der Waals surface area (Å²) in [4.78, 5) is 29.3. The largest absolute Gasteiger partial charge is 0.485 e. The zero-order chi connectivity index (χ0) is 23.5. The molecule has 5 rings (SSSR count). The van der Waals surface area contributed by atoms with Crippen molar-refractivity contribution >= 4 is 40.6 Å². The molecule has 3 heterocycles. The number of anilines is 1. The molecule has 7 nitrogen and oxygen atoms in total. The van der Waals surface area contributed by atoms with E-state index in [0.29, 0.717) is 28.6 Å². The molecule has 9 heteroatoms. The summed E-state index contributed by atoms with van der Waals surface area (Å²) in [6.07, 6.45) is -0.0855. The van der Waals surface area contributed by atoms with Crippen molar-refractivity contribution in [3.05, 3.63) is 76.2 Å². The van der Waals surface area contributed by atoms with Gasteiger partial charge in [-0.1, -0.05) is 42.5 Å². The fourth-order valence-electron chi connectivity index (χ4n) is 4.28. The highest BCUT2D eigenvalue weighted by atomic mass is 35.5. The van der Waals surface area contributed by atoms with Gasteiger partial charge in [-0.05, 0) is 36.6 Å². The summed E-state index contributed by atoms with van der Waals surface area (Å²) in [7, 11) is 0. The van der Waals surface area contributed by atoms with Gasteiger partial charge < -0.3 is 19.5 Å². The number of hydrogen-bond donors (Lipinski definition) is 1. The fourth-order valence-corrected chi connectivity index (χ4v) is 5.56. The van der Waals surface area contributed by atoms with Crippen LogP contribution in [-0.4, -0.2) is 42.6 Å². The van der Waals surface area contributed by atoms with Gasteiger partial charge in [0.2, 0.25) is 6.10 Å². The Kier molecular flexibility index (Phi) is 7.95. The maximum atomic E-state index is 13.1. The summed E-state index contributed by atoms with van der Waals surface area (Å²) in [6.45, 7) is 4.53. The fraction of sp³-hybridized carbons (Fsp3) is 0.308. The van der Waals surface area contributed by atoms with Crippen LogP contribution in [0.3, 0.4) is 0 Å². The van der Waals surface area contributed by atoms with E-state index in [-0.39, 0.29) is 31.5 Å².